The Kier molecular flexibility index (Phi) is 6.13. The van der Waals surface area contributed by atoms with E-state index in [1.807, 2.05) is 0 Å². The first-order chi connectivity index (χ1) is 24.3. The summed E-state index contributed by atoms with van der Waals surface area (Å²) in [5.41, 5.74) is 10.5. The maximum absolute atomic E-state index is 6.77. The van der Waals surface area contributed by atoms with E-state index in [0.29, 0.717) is 0 Å². The van der Waals surface area contributed by atoms with Crippen molar-refractivity contribution in [2.45, 2.75) is 5.41 Å². The second-order valence-corrected chi connectivity index (χ2v) is 12.8. The second-order valence-electron chi connectivity index (χ2n) is 12.8. The van der Waals surface area contributed by atoms with Gasteiger partial charge in [0.2, 0.25) is 0 Å². The first-order valence-corrected chi connectivity index (χ1v) is 16.8. The van der Waals surface area contributed by atoms with E-state index in [9.17, 15) is 0 Å². The van der Waals surface area contributed by atoms with Crippen molar-refractivity contribution >= 4 is 32.7 Å². The number of benzene rings is 8. The van der Waals surface area contributed by atoms with Gasteiger partial charge >= 0.3 is 0 Å². The number of para-hydroxylation sites is 1. The van der Waals surface area contributed by atoms with Crippen LogP contribution in [-0.2, 0) is 5.41 Å². The van der Waals surface area contributed by atoms with Gasteiger partial charge < -0.3 is 9.15 Å². The van der Waals surface area contributed by atoms with E-state index in [1.165, 1.54) is 16.5 Å². The first-order valence-electron chi connectivity index (χ1n) is 16.8. The Hall–Kier alpha value is -6.38. The highest BCUT2D eigenvalue weighted by Crippen LogP contribution is 2.55. The number of furan rings is 1. The molecule has 49 heavy (non-hydrogen) atoms. The molecule has 0 bridgehead atoms. The lowest BCUT2D eigenvalue weighted by atomic mass is 9.63. The van der Waals surface area contributed by atoms with E-state index in [-0.39, 0.29) is 0 Å². The molecular formula is C47H30O2. The lowest BCUT2D eigenvalue weighted by molar-refractivity contribution is 0.435. The summed E-state index contributed by atoms with van der Waals surface area (Å²) in [6.07, 6.45) is 0. The molecule has 230 valence electrons. The molecule has 0 radical (unpaired) electrons. The summed E-state index contributed by atoms with van der Waals surface area (Å²) in [6, 6.07) is 64.8. The molecule has 8 aromatic carbocycles. The number of hydrogen-bond donors (Lipinski definition) is 0. The molecule has 9 aromatic rings. The van der Waals surface area contributed by atoms with Gasteiger partial charge in [0.1, 0.15) is 22.7 Å². The van der Waals surface area contributed by atoms with E-state index in [0.717, 1.165) is 72.2 Å². The van der Waals surface area contributed by atoms with E-state index in [2.05, 4.69) is 182 Å². The SMILES string of the molecule is c1ccc(C2(c3ccccc3)c3ccccc3Oc3cc(-c4cccc(-c5cccc6oc7c8ccccc8ccc7c56)c4)ccc32)cc1. The van der Waals surface area contributed by atoms with Gasteiger partial charge in [0, 0.05) is 27.3 Å². The van der Waals surface area contributed by atoms with Crippen LogP contribution >= 0.6 is 0 Å². The van der Waals surface area contributed by atoms with Crippen LogP contribution in [0.15, 0.2) is 186 Å². The summed E-state index contributed by atoms with van der Waals surface area (Å²) in [5, 5.41) is 4.59. The van der Waals surface area contributed by atoms with Crippen LogP contribution in [0.5, 0.6) is 11.5 Å². The highest BCUT2D eigenvalue weighted by Gasteiger charge is 2.45. The average molecular weight is 627 g/mol. The highest BCUT2D eigenvalue weighted by molar-refractivity contribution is 6.19. The lowest BCUT2D eigenvalue weighted by Gasteiger charge is -2.41. The minimum Gasteiger partial charge on any atom is -0.457 e. The second kappa shape index (κ2) is 10.8. The standard InChI is InChI=1S/C47H30O2/c1-3-16-35(17-4-1)47(36-18-5-2-6-19-36)40-22-9-10-23-42(40)48-44-30-33(26-28-41(44)47)32-14-11-15-34(29-32)37-21-12-24-43-45(37)39-27-25-31-13-7-8-20-38(31)46(39)49-43/h1-30H. The molecule has 2 nitrogen and oxygen atoms in total. The quantitative estimate of drug-likeness (QED) is 0.194. The molecule has 10 rings (SSSR count). The molecule has 0 saturated carbocycles. The predicted octanol–water partition coefficient (Wildman–Crippen LogP) is 12.6. The molecule has 1 aromatic heterocycles. The van der Waals surface area contributed by atoms with Crippen molar-refractivity contribution in [1.82, 2.24) is 0 Å². The molecule has 1 aliphatic heterocycles. The van der Waals surface area contributed by atoms with Crippen molar-refractivity contribution in [3.63, 3.8) is 0 Å². The summed E-state index contributed by atoms with van der Waals surface area (Å²) in [5.74, 6) is 1.74. The van der Waals surface area contributed by atoms with Crippen LogP contribution < -0.4 is 4.74 Å². The van der Waals surface area contributed by atoms with Crippen molar-refractivity contribution in [3.05, 3.63) is 204 Å². The summed E-state index contributed by atoms with van der Waals surface area (Å²) >= 11 is 0. The van der Waals surface area contributed by atoms with Gasteiger partial charge in [-0.15, -0.1) is 0 Å². The molecular weight excluding hydrogens is 597 g/mol. The van der Waals surface area contributed by atoms with Crippen molar-refractivity contribution in [3.8, 4) is 33.8 Å². The Bertz CT molecular complexity index is 2650. The maximum Gasteiger partial charge on any atom is 0.143 e. The van der Waals surface area contributed by atoms with Gasteiger partial charge in [-0.3, -0.25) is 0 Å². The third-order valence-electron chi connectivity index (χ3n) is 10.2. The van der Waals surface area contributed by atoms with Crippen molar-refractivity contribution in [2.24, 2.45) is 0 Å². The van der Waals surface area contributed by atoms with Gasteiger partial charge in [-0.25, -0.2) is 0 Å². The minimum absolute atomic E-state index is 0.533. The predicted molar refractivity (Wildman–Crippen MR) is 200 cm³/mol. The van der Waals surface area contributed by atoms with Crippen LogP contribution in [0.3, 0.4) is 0 Å². The van der Waals surface area contributed by atoms with Gasteiger partial charge in [0.15, 0.2) is 0 Å². The third-order valence-corrected chi connectivity index (χ3v) is 10.2. The topological polar surface area (TPSA) is 22.4 Å². The molecule has 2 heterocycles. The Morgan fingerprint density at radius 3 is 1.92 bits per heavy atom. The van der Waals surface area contributed by atoms with E-state index in [4.69, 9.17) is 9.15 Å². The molecule has 2 heteroatoms. The molecule has 1 aliphatic rings. The van der Waals surface area contributed by atoms with Crippen LogP contribution in [0, 0.1) is 0 Å². The van der Waals surface area contributed by atoms with Crippen LogP contribution in [0.4, 0.5) is 0 Å². The van der Waals surface area contributed by atoms with Gasteiger partial charge in [-0.2, -0.15) is 0 Å². The Labute approximate surface area is 284 Å². The van der Waals surface area contributed by atoms with Crippen molar-refractivity contribution in [1.29, 1.82) is 0 Å². The normalized spacial score (nSPS) is 13.2. The Balaban J connectivity index is 1.15. The monoisotopic (exact) mass is 626 g/mol. The fourth-order valence-electron chi connectivity index (χ4n) is 8.05. The number of fused-ring (bicyclic) bond motifs is 7. The number of rotatable bonds is 4. The van der Waals surface area contributed by atoms with Crippen LogP contribution in [0.2, 0.25) is 0 Å². The van der Waals surface area contributed by atoms with E-state index in [1.54, 1.807) is 0 Å². The fraction of sp³-hybridized carbons (Fsp3) is 0.0213. The molecule has 0 unspecified atom stereocenters. The Morgan fingerprint density at radius 2 is 1.08 bits per heavy atom. The maximum atomic E-state index is 6.77. The molecule has 0 fully saturated rings. The summed E-state index contributed by atoms with van der Waals surface area (Å²) in [7, 11) is 0. The molecule has 0 atom stereocenters. The van der Waals surface area contributed by atoms with E-state index >= 15 is 0 Å². The minimum atomic E-state index is -0.533. The number of hydrogen-bond acceptors (Lipinski definition) is 2. The zero-order chi connectivity index (χ0) is 32.4. The van der Waals surface area contributed by atoms with Gasteiger partial charge in [0.25, 0.3) is 0 Å². The molecule has 0 spiro atoms. The smallest absolute Gasteiger partial charge is 0.143 e. The molecule has 0 aliphatic carbocycles. The van der Waals surface area contributed by atoms with Crippen molar-refractivity contribution in [2.75, 3.05) is 0 Å². The van der Waals surface area contributed by atoms with Gasteiger partial charge in [-0.05, 0) is 69.1 Å². The molecule has 0 amide bonds. The molecule has 0 N–H and O–H groups in total. The summed E-state index contributed by atoms with van der Waals surface area (Å²) < 4.78 is 13.3. The fourth-order valence-corrected chi connectivity index (χ4v) is 8.05. The van der Waals surface area contributed by atoms with Crippen LogP contribution in [-0.4, -0.2) is 0 Å². The summed E-state index contributed by atoms with van der Waals surface area (Å²) in [4.78, 5) is 0. The van der Waals surface area contributed by atoms with Gasteiger partial charge in [-0.1, -0.05) is 152 Å². The van der Waals surface area contributed by atoms with Crippen LogP contribution in [0.1, 0.15) is 22.3 Å². The first kappa shape index (κ1) is 27.7. The highest BCUT2D eigenvalue weighted by atomic mass is 16.5. The zero-order valence-corrected chi connectivity index (χ0v) is 26.6. The lowest BCUT2D eigenvalue weighted by Crippen LogP contribution is -2.34. The van der Waals surface area contributed by atoms with Crippen molar-refractivity contribution < 1.29 is 9.15 Å². The van der Waals surface area contributed by atoms with Gasteiger partial charge in [0.05, 0.1) is 5.41 Å². The summed E-state index contributed by atoms with van der Waals surface area (Å²) in [6.45, 7) is 0. The zero-order valence-electron chi connectivity index (χ0n) is 26.6. The molecule has 0 saturated heterocycles. The third kappa shape index (κ3) is 4.14. The van der Waals surface area contributed by atoms with E-state index < -0.39 is 5.41 Å². The largest absolute Gasteiger partial charge is 0.457 e. The Morgan fingerprint density at radius 1 is 0.408 bits per heavy atom. The van der Waals surface area contributed by atoms with Crippen LogP contribution in [0.25, 0.3) is 55.0 Å². The average Bonchev–Trinajstić information content (AvgIpc) is 3.57. The number of ether oxygens (including phenoxy) is 1.